The fourth-order valence-electron chi connectivity index (χ4n) is 2.98. The molecule has 0 unspecified atom stereocenters. The molecule has 2 heterocycles. The molecule has 3 rings (SSSR count). The second kappa shape index (κ2) is 9.88. The maximum atomic E-state index is 14.5. The van der Waals surface area contributed by atoms with Crippen LogP contribution in [0.2, 0.25) is 0 Å². The van der Waals surface area contributed by atoms with E-state index < -0.39 is 36.7 Å². The second-order valence-electron chi connectivity index (χ2n) is 7.22. The molecule has 0 aliphatic heterocycles. The number of nitrogens with zero attached hydrogens (tertiary/aromatic N) is 6. The van der Waals surface area contributed by atoms with E-state index in [1.807, 2.05) is 0 Å². The van der Waals surface area contributed by atoms with Crippen molar-refractivity contribution in [1.82, 2.24) is 29.9 Å². The highest BCUT2D eigenvalue weighted by Gasteiger charge is 2.29. The van der Waals surface area contributed by atoms with Gasteiger partial charge in [0.2, 0.25) is 5.95 Å². The summed E-state index contributed by atoms with van der Waals surface area (Å²) in [6.45, 7) is 1.19. The fourth-order valence-corrected chi connectivity index (χ4v) is 2.98. The van der Waals surface area contributed by atoms with Gasteiger partial charge in [-0.2, -0.15) is 10.2 Å². The standard InChI is InChI=1S/C20H20F5N7O/c1-12(8-26-19-27-9-13(10-28-19)20(2,24)25)31(11-16(22)23)18(33)14-4-3-5-15(21)17(14)32-29-6-7-30-32/h3-7,9-10,12,16H,8,11H2,1-2H3,(H,26,27,28)/t12-/m0/s1. The Balaban J connectivity index is 1.81. The van der Waals surface area contributed by atoms with Crippen LogP contribution in [0.3, 0.4) is 0 Å². The molecule has 0 fully saturated rings. The summed E-state index contributed by atoms with van der Waals surface area (Å²) in [5.74, 6) is -4.80. The first-order valence-corrected chi connectivity index (χ1v) is 9.76. The van der Waals surface area contributed by atoms with Gasteiger partial charge in [0.15, 0.2) is 5.82 Å². The average Bonchev–Trinajstić information content (AvgIpc) is 3.29. The van der Waals surface area contributed by atoms with E-state index in [9.17, 15) is 26.7 Å². The molecule has 0 radical (unpaired) electrons. The Morgan fingerprint density at radius 3 is 2.39 bits per heavy atom. The Labute approximate surface area is 185 Å². The summed E-state index contributed by atoms with van der Waals surface area (Å²) >= 11 is 0. The van der Waals surface area contributed by atoms with Crippen LogP contribution in [0.1, 0.15) is 29.8 Å². The van der Waals surface area contributed by atoms with Gasteiger partial charge < -0.3 is 10.2 Å². The van der Waals surface area contributed by atoms with Crippen LogP contribution in [0.15, 0.2) is 43.0 Å². The molecule has 0 aliphatic rings. The summed E-state index contributed by atoms with van der Waals surface area (Å²) in [4.78, 5) is 22.5. The van der Waals surface area contributed by atoms with Crippen LogP contribution in [0, 0.1) is 5.82 Å². The number of carbonyl (C=O) groups excluding carboxylic acids is 1. The van der Waals surface area contributed by atoms with E-state index in [4.69, 9.17) is 0 Å². The summed E-state index contributed by atoms with van der Waals surface area (Å²) in [7, 11) is 0. The van der Waals surface area contributed by atoms with Crippen LogP contribution in [-0.2, 0) is 5.92 Å². The van der Waals surface area contributed by atoms with Crippen molar-refractivity contribution < 1.29 is 26.7 Å². The number of halogens is 5. The lowest BCUT2D eigenvalue weighted by Crippen LogP contribution is -2.45. The number of para-hydroxylation sites is 1. The van der Waals surface area contributed by atoms with Gasteiger partial charge >= 0.3 is 0 Å². The number of benzene rings is 1. The topological polar surface area (TPSA) is 88.8 Å². The van der Waals surface area contributed by atoms with Gasteiger partial charge in [-0.05, 0) is 19.1 Å². The van der Waals surface area contributed by atoms with Crippen molar-refractivity contribution in [2.75, 3.05) is 18.4 Å². The molecule has 1 aromatic carbocycles. The van der Waals surface area contributed by atoms with Crippen molar-refractivity contribution in [3.05, 3.63) is 59.9 Å². The first-order chi connectivity index (χ1) is 15.6. The highest BCUT2D eigenvalue weighted by Crippen LogP contribution is 2.25. The minimum Gasteiger partial charge on any atom is -0.352 e. The van der Waals surface area contributed by atoms with Gasteiger partial charge in [-0.15, -0.1) is 4.80 Å². The molecule has 1 atom stereocenters. The van der Waals surface area contributed by atoms with Gasteiger partial charge in [0.05, 0.1) is 30.1 Å². The minimum absolute atomic E-state index is 0.0218. The van der Waals surface area contributed by atoms with Crippen molar-refractivity contribution in [3.63, 3.8) is 0 Å². The highest BCUT2D eigenvalue weighted by molar-refractivity contribution is 5.98. The van der Waals surface area contributed by atoms with Gasteiger partial charge in [-0.25, -0.2) is 31.9 Å². The summed E-state index contributed by atoms with van der Waals surface area (Å²) in [6.07, 6.45) is 1.59. The number of carbonyl (C=O) groups is 1. The van der Waals surface area contributed by atoms with E-state index in [2.05, 4.69) is 25.5 Å². The average molecular weight is 469 g/mol. The molecule has 0 aliphatic carbocycles. The first-order valence-electron chi connectivity index (χ1n) is 9.76. The van der Waals surface area contributed by atoms with Crippen molar-refractivity contribution in [2.45, 2.75) is 32.2 Å². The van der Waals surface area contributed by atoms with Crippen molar-refractivity contribution in [3.8, 4) is 5.69 Å². The van der Waals surface area contributed by atoms with Gasteiger partial charge in [0.25, 0.3) is 18.3 Å². The number of anilines is 1. The number of rotatable bonds is 9. The molecule has 33 heavy (non-hydrogen) atoms. The van der Waals surface area contributed by atoms with Crippen molar-refractivity contribution in [2.24, 2.45) is 0 Å². The maximum Gasteiger partial charge on any atom is 0.273 e. The SMILES string of the molecule is C[C@@H](CNc1ncc(C(C)(F)F)cn1)N(CC(F)F)C(=O)c1cccc(F)c1-n1nccn1. The molecule has 0 bridgehead atoms. The second-order valence-corrected chi connectivity index (χ2v) is 7.22. The molecule has 0 saturated carbocycles. The third-order valence-corrected chi connectivity index (χ3v) is 4.68. The summed E-state index contributed by atoms with van der Waals surface area (Å²) < 4.78 is 67.6. The number of amides is 1. The predicted molar refractivity (Wildman–Crippen MR) is 108 cm³/mol. The molecule has 3 aromatic rings. The normalized spacial score (nSPS) is 12.6. The van der Waals surface area contributed by atoms with Crippen LogP contribution in [-0.4, -0.2) is 61.3 Å². The third-order valence-electron chi connectivity index (χ3n) is 4.68. The lowest BCUT2D eigenvalue weighted by Gasteiger charge is -2.30. The van der Waals surface area contributed by atoms with E-state index in [1.165, 1.54) is 31.5 Å². The van der Waals surface area contributed by atoms with Gasteiger partial charge in [0, 0.05) is 31.9 Å². The van der Waals surface area contributed by atoms with Crippen molar-refractivity contribution in [1.29, 1.82) is 0 Å². The Kier molecular flexibility index (Phi) is 7.19. The Bertz CT molecular complexity index is 1070. The quantitative estimate of drug-likeness (QED) is 0.483. The monoisotopic (exact) mass is 469 g/mol. The third kappa shape index (κ3) is 5.79. The number of alkyl halides is 4. The number of aromatic nitrogens is 5. The van der Waals surface area contributed by atoms with E-state index in [0.717, 1.165) is 28.2 Å². The van der Waals surface area contributed by atoms with Gasteiger partial charge in [0.1, 0.15) is 5.69 Å². The van der Waals surface area contributed by atoms with Crippen LogP contribution >= 0.6 is 0 Å². The number of hydrogen-bond donors (Lipinski definition) is 1. The highest BCUT2D eigenvalue weighted by atomic mass is 19.3. The Morgan fingerprint density at radius 2 is 1.82 bits per heavy atom. The predicted octanol–water partition coefficient (Wildman–Crippen LogP) is 3.52. The molecular weight excluding hydrogens is 449 g/mol. The Morgan fingerprint density at radius 1 is 1.18 bits per heavy atom. The van der Waals surface area contributed by atoms with Crippen LogP contribution < -0.4 is 5.32 Å². The zero-order valence-electron chi connectivity index (χ0n) is 17.6. The fraction of sp³-hybridized carbons (Fsp3) is 0.350. The molecule has 1 amide bonds. The van der Waals surface area contributed by atoms with Gasteiger partial charge in [-0.1, -0.05) is 6.07 Å². The van der Waals surface area contributed by atoms with Crippen LogP contribution in [0.5, 0.6) is 0 Å². The molecular formula is C20H20F5N7O. The lowest BCUT2D eigenvalue weighted by atomic mass is 10.1. The van der Waals surface area contributed by atoms with E-state index in [1.54, 1.807) is 0 Å². The zero-order chi connectivity index (χ0) is 24.2. The molecule has 13 heteroatoms. The minimum atomic E-state index is -3.11. The summed E-state index contributed by atoms with van der Waals surface area (Å²) in [6, 6.07) is 2.83. The smallest absolute Gasteiger partial charge is 0.273 e. The number of nitrogens with one attached hydrogen (secondary N) is 1. The maximum absolute atomic E-state index is 14.5. The molecule has 176 valence electrons. The van der Waals surface area contributed by atoms with Crippen LogP contribution in [0.25, 0.3) is 5.69 Å². The van der Waals surface area contributed by atoms with E-state index >= 15 is 0 Å². The molecule has 1 N–H and O–H groups in total. The van der Waals surface area contributed by atoms with Crippen molar-refractivity contribution >= 4 is 11.9 Å². The first kappa shape index (κ1) is 24.0. The van der Waals surface area contributed by atoms with Crippen LogP contribution in [0.4, 0.5) is 27.9 Å². The summed E-state index contributed by atoms with van der Waals surface area (Å²) in [5, 5.41) is 10.4. The zero-order valence-corrected chi connectivity index (χ0v) is 17.6. The largest absolute Gasteiger partial charge is 0.352 e. The molecule has 8 nitrogen and oxygen atoms in total. The Hall–Kier alpha value is -3.64. The van der Waals surface area contributed by atoms with E-state index in [0.29, 0.717) is 6.92 Å². The molecule has 2 aromatic heterocycles. The number of hydrogen-bond acceptors (Lipinski definition) is 6. The molecule has 0 spiro atoms. The van der Waals surface area contributed by atoms with E-state index in [-0.39, 0.29) is 29.3 Å². The molecule has 0 saturated heterocycles. The summed E-state index contributed by atoms with van der Waals surface area (Å²) in [5.41, 5.74) is -0.864. The lowest BCUT2D eigenvalue weighted by molar-refractivity contribution is 0.0167. The van der Waals surface area contributed by atoms with Gasteiger partial charge in [-0.3, -0.25) is 4.79 Å².